The van der Waals surface area contributed by atoms with Gasteiger partial charge in [0.1, 0.15) is 0 Å². The predicted octanol–water partition coefficient (Wildman–Crippen LogP) is 3.39. The smallest absolute Gasteiger partial charge is 0.287 e. The van der Waals surface area contributed by atoms with Gasteiger partial charge in [-0.25, -0.2) is 0 Å². The van der Waals surface area contributed by atoms with Crippen molar-refractivity contribution in [2.75, 3.05) is 0 Å². The Morgan fingerprint density at radius 2 is 1.89 bits per heavy atom. The Labute approximate surface area is 107 Å². The first kappa shape index (κ1) is 12.4. The van der Waals surface area contributed by atoms with E-state index in [1.165, 1.54) is 11.8 Å². The summed E-state index contributed by atoms with van der Waals surface area (Å²) < 4.78 is 5.18. The molecule has 0 spiro atoms. The highest BCUT2D eigenvalue weighted by Gasteiger charge is 2.16. The van der Waals surface area contributed by atoms with Crippen LogP contribution < -0.4 is 5.32 Å². The molecule has 1 aromatic heterocycles. The standard InChI is InChI=1S/C15H17NO2/c1-10-6-4-5-7-13(10)12(3)16-15(17)14-11(2)8-9-18-14/h4-9,12H,1-3H3,(H,16,17). The molecule has 1 heterocycles. The third-order valence-electron chi connectivity index (χ3n) is 3.07. The minimum Gasteiger partial charge on any atom is -0.459 e. The molecule has 1 amide bonds. The summed E-state index contributed by atoms with van der Waals surface area (Å²) in [6.07, 6.45) is 1.53. The molecule has 0 aliphatic heterocycles. The molecule has 0 saturated carbocycles. The maximum Gasteiger partial charge on any atom is 0.287 e. The molecule has 0 radical (unpaired) electrons. The van der Waals surface area contributed by atoms with Crippen molar-refractivity contribution in [2.45, 2.75) is 26.8 Å². The monoisotopic (exact) mass is 243 g/mol. The van der Waals surface area contributed by atoms with Crippen molar-refractivity contribution < 1.29 is 9.21 Å². The molecule has 94 valence electrons. The van der Waals surface area contributed by atoms with Gasteiger partial charge in [0.2, 0.25) is 0 Å². The molecular formula is C15H17NO2. The Hall–Kier alpha value is -2.03. The highest BCUT2D eigenvalue weighted by Crippen LogP contribution is 2.18. The van der Waals surface area contributed by atoms with Crippen LogP contribution in [0.4, 0.5) is 0 Å². The van der Waals surface area contributed by atoms with Crippen LogP contribution >= 0.6 is 0 Å². The van der Waals surface area contributed by atoms with E-state index in [2.05, 4.69) is 5.32 Å². The Morgan fingerprint density at radius 1 is 1.17 bits per heavy atom. The van der Waals surface area contributed by atoms with Crippen molar-refractivity contribution in [3.05, 3.63) is 59.0 Å². The van der Waals surface area contributed by atoms with Crippen molar-refractivity contribution in [1.82, 2.24) is 5.32 Å². The SMILES string of the molecule is Cc1ccccc1C(C)NC(=O)c1occc1C. The van der Waals surface area contributed by atoms with Gasteiger partial charge in [-0.05, 0) is 38.0 Å². The van der Waals surface area contributed by atoms with Crippen LogP contribution in [-0.4, -0.2) is 5.91 Å². The fourth-order valence-electron chi connectivity index (χ4n) is 2.02. The number of furan rings is 1. The molecule has 3 heteroatoms. The second kappa shape index (κ2) is 5.08. The molecule has 2 rings (SSSR count). The second-order valence-corrected chi connectivity index (χ2v) is 4.48. The maximum absolute atomic E-state index is 12.0. The fourth-order valence-corrected chi connectivity index (χ4v) is 2.02. The first-order valence-electron chi connectivity index (χ1n) is 6.00. The summed E-state index contributed by atoms with van der Waals surface area (Å²) in [5.41, 5.74) is 3.14. The predicted molar refractivity (Wildman–Crippen MR) is 70.5 cm³/mol. The molecule has 0 aliphatic carbocycles. The summed E-state index contributed by atoms with van der Waals surface area (Å²) in [6.45, 7) is 5.87. The zero-order valence-electron chi connectivity index (χ0n) is 10.9. The molecule has 0 fully saturated rings. The van der Waals surface area contributed by atoms with E-state index in [9.17, 15) is 4.79 Å². The average molecular weight is 243 g/mol. The van der Waals surface area contributed by atoms with Crippen LogP contribution in [0.2, 0.25) is 0 Å². The van der Waals surface area contributed by atoms with E-state index in [0.717, 1.165) is 11.1 Å². The summed E-state index contributed by atoms with van der Waals surface area (Å²) >= 11 is 0. The van der Waals surface area contributed by atoms with Crippen LogP contribution in [0.15, 0.2) is 41.0 Å². The maximum atomic E-state index is 12.0. The number of rotatable bonds is 3. The summed E-state index contributed by atoms with van der Waals surface area (Å²) in [6, 6.07) is 9.77. The molecule has 1 atom stereocenters. The van der Waals surface area contributed by atoms with Gasteiger partial charge in [0.05, 0.1) is 12.3 Å². The van der Waals surface area contributed by atoms with Gasteiger partial charge in [-0.15, -0.1) is 0 Å². The third-order valence-corrected chi connectivity index (χ3v) is 3.07. The summed E-state index contributed by atoms with van der Waals surface area (Å²) in [5.74, 6) is 0.212. The van der Waals surface area contributed by atoms with E-state index in [1.807, 2.05) is 45.0 Å². The van der Waals surface area contributed by atoms with Gasteiger partial charge in [0.15, 0.2) is 5.76 Å². The van der Waals surface area contributed by atoms with Crippen LogP contribution in [-0.2, 0) is 0 Å². The summed E-state index contributed by atoms with van der Waals surface area (Å²) in [5, 5.41) is 2.95. The lowest BCUT2D eigenvalue weighted by molar-refractivity contribution is 0.0911. The van der Waals surface area contributed by atoms with Crippen LogP contribution in [0.25, 0.3) is 0 Å². The lowest BCUT2D eigenvalue weighted by Gasteiger charge is -2.15. The fraction of sp³-hybridized carbons (Fsp3) is 0.267. The summed E-state index contributed by atoms with van der Waals surface area (Å²) in [4.78, 5) is 12.0. The normalized spacial score (nSPS) is 12.2. The molecule has 0 bridgehead atoms. The van der Waals surface area contributed by atoms with Crippen LogP contribution in [0, 0.1) is 13.8 Å². The van der Waals surface area contributed by atoms with Crippen LogP contribution in [0.3, 0.4) is 0 Å². The minimum absolute atomic E-state index is 0.0387. The van der Waals surface area contributed by atoms with E-state index >= 15 is 0 Å². The number of aryl methyl sites for hydroxylation is 2. The van der Waals surface area contributed by atoms with E-state index < -0.39 is 0 Å². The highest BCUT2D eigenvalue weighted by molar-refractivity contribution is 5.93. The third kappa shape index (κ3) is 2.45. The lowest BCUT2D eigenvalue weighted by atomic mass is 10.0. The van der Waals surface area contributed by atoms with Crippen molar-refractivity contribution >= 4 is 5.91 Å². The first-order valence-corrected chi connectivity index (χ1v) is 6.00. The average Bonchev–Trinajstić information content (AvgIpc) is 2.76. The van der Waals surface area contributed by atoms with E-state index in [4.69, 9.17) is 4.42 Å². The van der Waals surface area contributed by atoms with Crippen molar-refractivity contribution in [3.8, 4) is 0 Å². The van der Waals surface area contributed by atoms with Crippen LogP contribution in [0.1, 0.15) is 40.2 Å². The Morgan fingerprint density at radius 3 is 2.50 bits per heavy atom. The van der Waals surface area contributed by atoms with Gasteiger partial charge in [-0.1, -0.05) is 24.3 Å². The van der Waals surface area contributed by atoms with Gasteiger partial charge in [0, 0.05) is 5.56 Å². The molecule has 1 unspecified atom stereocenters. The molecule has 0 aliphatic rings. The second-order valence-electron chi connectivity index (χ2n) is 4.48. The zero-order chi connectivity index (χ0) is 13.1. The molecule has 18 heavy (non-hydrogen) atoms. The zero-order valence-corrected chi connectivity index (χ0v) is 10.9. The molecule has 1 aromatic carbocycles. The molecule has 3 nitrogen and oxygen atoms in total. The Bertz CT molecular complexity index is 557. The molecular weight excluding hydrogens is 226 g/mol. The topological polar surface area (TPSA) is 42.2 Å². The van der Waals surface area contributed by atoms with E-state index in [1.54, 1.807) is 6.07 Å². The number of nitrogens with one attached hydrogen (secondary N) is 1. The first-order chi connectivity index (χ1) is 8.59. The Balaban J connectivity index is 2.13. The van der Waals surface area contributed by atoms with E-state index in [-0.39, 0.29) is 11.9 Å². The number of benzene rings is 1. The number of carbonyl (C=O) groups excluding carboxylic acids is 1. The van der Waals surface area contributed by atoms with E-state index in [0.29, 0.717) is 5.76 Å². The molecule has 1 N–H and O–H groups in total. The van der Waals surface area contributed by atoms with Crippen LogP contribution in [0.5, 0.6) is 0 Å². The molecule has 0 saturated heterocycles. The number of carbonyl (C=O) groups is 1. The Kier molecular flexibility index (Phi) is 3.51. The van der Waals surface area contributed by atoms with Crippen molar-refractivity contribution in [3.63, 3.8) is 0 Å². The quantitative estimate of drug-likeness (QED) is 0.897. The number of amides is 1. The largest absolute Gasteiger partial charge is 0.459 e. The van der Waals surface area contributed by atoms with Gasteiger partial charge in [-0.3, -0.25) is 4.79 Å². The molecule has 2 aromatic rings. The minimum atomic E-state index is -0.173. The number of hydrogen-bond acceptors (Lipinski definition) is 2. The lowest BCUT2D eigenvalue weighted by Crippen LogP contribution is -2.27. The van der Waals surface area contributed by atoms with Gasteiger partial charge in [-0.2, -0.15) is 0 Å². The summed E-state index contributed by atoms with van der Waals surface area (Å²) in [7, 11) is 0. The van der Waals surface area contributed by atoms with Gasteiger partial charge in [0.25, 0.3) is 5.91 Å². The van der Waals surface area contributed by atoms with Crippen molar-refractivity contribution in [1.29, 1.82) is 0 Å². The van der Waals surface area contributed by atoms with Gasteiger partial charge >= 0.3 is 0 Å². The van der Waals surface area contributed by atoms with Crippen molar-refractivity contribution in [2.24, 2.45) is 0 Å². The van der Waals surface area contributed by atoms with Gasteiger partial charge < -0.3 is 9.73 Å². The number of hydrogen-bond donors (Lipinski definition) is 1. The highest BCUT2D eigenvalue weighted by atomic mass is 16.3.